The molecule has 9 heteroatoms. The van der Waals surface area contributed by atoms with Crippen molar-refractivity contribution in [3.8, 4) is 17.6 Å². The van der Waals surface area contributed by atoms with Crippen molar-refractivity contribution in [2.24, 2.45) is 0 Å². The Bertz CT molecular complexity index is 1520. The van der Waals surface area contributed by atoms with Crippen molar-refractivity contribution >= 4 is 17.7 Å². The van der Waals surface area contributed by atoms with Crippen molar-refractivity contribution < 1.29 is 23.1 Å². The van der Waals surface area contributed by atoms with Crippen LogP contribution < -0.4 is 5.43 Å². The number of fused-ring (bicyclic) bond motifs is 3. The first-order valence-corrected chi connectivity index (χ1v) is 12.7. The van der Waals surface area contributed by atoms with Gasteiger partial charge in [-0.15, -0.1) is 17.7 Å². The van der Waals surface area contributed by atoms with Crippen LogP contribution in [-0.2, 0) is 5.75 Å². The minimum atomic E-state index is -4.69. The summed E-state index contributed by atoms with van der Waals surface area (Å²) in [4.78, 5) is 27.3. The lowest BCUT2D eigenvalue weighted by Crippen LogP contribution is -2.54. The van der Waals surface area contributed by atoms with Gasteiger partial charge in [-0.3, -0.25) is 9.59 Å². The molecule has 1 amide bonds. The van der Waals surface area contributed by atoms with Gasteiger partial charge in [-0.25, -0.2) is 0 Å². The summed E-state index contributed by atoms with van der Waals surface area (Å²) in [6.07, 6.45) is -3.30. The topological polar surface area (TPSA) is 62.5 Å². The van der Waals surface area contributed by atoms with Crippen LogP contribution in [0.25, 0.3) is 0 Å². The van der Waals surface area contributed by atoms with Crippen LogP contribution in [0.5, 0.6) is 5.75 Å². The zero-order valence-corrected chi connectivity index (χ0v) is 20.9. The summed E-state index contributed by atoms with van der Waals surface area (Å²) >= 11 is 1.63. The molecule has 5 nitrogen and oxygen atoms in total. The highest BCUT2D eigenvalue weighted by Crippen LogP contribution is 2.49. The molecule has 0 fully saturated rings. The zero-order valence-electron chi connectivity index (χ0n) is 20.0. The summed E-state index contributed by atoms with van der Waals surface area (Å²) < 4.78 is 43.1. The van der Waals surface area contributed by atoms with Crippen LogP contribution in [-0.4, -0.2) is 39.2 Å². The highest BCUT2D eigenvalue weighted by atomic mass is 32.2. The Morgan fingerprint density at radius 3 is 2.59 bits per heavy atom. The maximum absolute atomic E-state index is 13.9. The molecule has 2 aliphatic heterocycles. The van der Waals surface area contributed by atoms with Crippen molar-refractivity contribution in [1.29, 1.82) is 0 Å². The molecule has 37 heavy (non-hydrogen) atoms. The second-order valence-corrected chi connectivity index (χ2v) is 10.1. The number of aromatic hydroxyl groups is 1. The molecule has 0 aliphatic carbocycles. The van der Waals surface area contributed by atoms with Crippen LogP contribution in [0.15, 0.2) is 64.4 Å². The molecule has 0 bridgehead atoms. The summed E-state index contributed by atoms with van der Waals surface area (Å²) in [5, 5.41) is 10.6. The number of rotatable bonds is 2. The molecular weight excluding hydrogens is 501 g/mol. The molecule has 2 aromatic carbocycles. The van der Waals surface area contributed by atoms with Gasteiger partial charge in [0.1, 0.15) is 6.04 Å². The molecule has 2 aliphatic rings. The van der Waals surface area contributed by atoms with Gasteiger partial charge in [-0.2, -0.15) is 13.2 Å². The number of hydrogen-bond acceptors (Lipinski definition) is 4. The van der Waals surface area contributed by atoms with Crippen molar-refractivity contribution in [2.45, 2.75) is 48.7 Å². The number of carbonyl (C=O) groups excluding carboxylic acids is 1. The van der Waals surface area contributed by atoms with Gasteiger partial charge in [-0.1, -0.05) is 36.3 Å². The van der Waals surface area contributed by atoms with E-state index in [9.17, 15) is 27.9 Å². The van der Waals surface area contributed by atoms with Gasteiger partial charge >= 0.3 is 6.18 Å². The molecule has 0 saturated carbocycles. The molecule has 5 rings (SSSR count). The normalized spacial score (nSPS) is 19.6. The van der Waals surface area contributed by atoms with Gasteiger partial charge in [0.15, 0.2) is 11.4 Å². The second kappa shape index (κ2) is 9.34. The van der Waals surface area contributed by atoms with Gasteiger partial charge < -0.3 is 14.6 Å². The molecule has 0 saturated heterocycles. The first-order valence-electron chi connectivity index (χ1n) is 11.7. The number of alkyl halides is 3. The molecule has 1 aromatic heterocycles. The monoisotopic (exact) mass is 524 g/mol. The summed E-state index contributed by atoms with van der Waals surface area (Å²) in [7, 11) is 0. The van der Waals surface area contributed by atoms with Crippen molar-refractivity contribution in [2.75, 3.05) is 6.54 Å². The predicted octanol–water partition coefficient (Wildman–Crippen LogP) is 5.31. The average Bonchev–Trinajstić information content (AvgIpc) is 3.03. The smallest absolute Gasteiger partial charge is 0.408 e. The fourth-order valence-electron chi connectivity index (χ4n) is 5.24. The fraction of sp³-hybridized carbons (Fsp3) is 0.286. The number of benzene rings is 2. The van der Waals surface area contributed by atoms with Crippen LogP contribution in [0.2, 0.25) is 0 Å². The van der Waals surface area contributed by atoms with E-state index in [1.807, 2.05) is 42.5 Å². The predicted molar refractivity (Wildman–Crippen MR) is 135 cm³/mol. The summed E-state index contributed by atoms with van der Waals surface area (Å²) in [5.74, 6) is 4.33. The van der Waals surface area contributed by atoms with Crippen molar-refractivity contribution in [3.63, 3.8) is 0 Å². The van der Waals surface area contributed by atoms with E-state index in [4.69, 9.17) is 0 Å². The molecule has 1 unspecified atom stereocenters. The lowest BCUT2D eigenvalue weighted by molar-refractivity contribution is -0.174. The number of aromatic nitrogens is 1. The fourth-order valence-corrected chi connectivity index (χ4v) is 6.34. The van der Waals surface area contributed by atoms with E-state index in [0.717, 1.165) is 40.1 Å². The van der Waals surface area contributed by atoms with E-state index in [-0.39, 0.29) is 6.54 Å². The van der Waals surface area contributed by atoms with Crippen LogP contribution >= 0.6 is 11.8 Å². The number of nitrogens with zero attached hydrogens (tertiary/aromatic N) is 2. The number of hydrogen-bond donors (Lipinski definition) is 1. The van der Waals surface area contributed by atoms with Gasteiger partial charge in [0.2, 0.25) is 5.43 Å². The van der Waals surface area contributed by atoms with Crippen LogP contribution in [0.1, 0.15) is 58.5 Å². The number of halogens is 3. The zero-order chi connectivity index (χ0) is 26.5. The summed E-state index contributed by atoms with van der Waals surface area (Å²) in [5.41, 5.74) is 2.24. The van der Waals surface area contributed by atoms with Crippen LogP contribution in [0.4, 0.5) is 13.2 Å². The minimum absolute atomic E-state index is 0.272. The van der Waals surface area contributed by atoms with E-state index in [1.54, 1.807) is 18.7 Å². The summed E-state index contributed by atoms with van der Waals surface area (Å²) in [6.45, 7) is 2.37. The Morgan fingerprint density at radius 1 is 1.11 bits per heavy atom. The first-order chi connectivity index (χ1) is 17.6. The summed E-state index contributed by atoms with van der Waals surface area (Å²) in [6, 6.07) is 11.7. The van der Waals surface area contributed by atoms with Crippen LogP contribution in [0.3, 0.4) is 0 Å². The third-order valence-corrected chi connectivity index (χ3v) is 8.18. The Hall–Kier alpha value is -3.64. The first kappa shape index (κ1) is 25.0. The van der Waals surface area contributed by atoms with Gasteiger partial charge in [0, 0.05) is 40.9 Å². The standard InChI is InChI=1S/C28H23F3N2O3S/c1-3-7-17-8-6-9-18-15-37-22-11-5-4-10-19(22)24(23(17)18)20-14-33(16(2)28(29,30)31)27(36)25-26(35)21(34)12-13-32(20)25/h4-6,8-13,16,20,24,35H,14-15H2,1-2H3/t16-,20?,24+/m1/s1. The van der Waals surface area contributed by atoms with E-state index < -0.39 is 47.0 Å². The van der Waals surface area contributed by atoms with Gasteiger partial charge in [-0.05, 0) is 42.7 Å². The SMILES string of the molecule is CC#Cc1cccc2c1[C@H](C1CN([C@H](C)C(F)(F)F)C(=O)c3c(O)c(=O)ccn31)c1ccccc1SC2. The number of thioether (sulfide) groups is 1. The van der Waals surface area contributed by atoms with Gasteiger partial charge in [0.05, 0.1) is 6.04 Å². The van der Waals surface area contributed by atoms with Gasteiger partial charge in [0.25, 0.3) is 5.91 Å². The molecule has 0 spiro atoms. The third kappa shape index (κ3) is 4.19. The largest absolute Gasteiger partial charge is 0.503 e. The second-order valence-electron chi connectivity index (χ2n) is 9.08. The van der Waals surface area contributed by atoms with Crippen molar-refractivity contribution in [1.82, 2.24) is 9.47 Å². The van der Waals surface area contributed by atoms with E-state index in [2.05, 4.69) is 11.8 Å². The van der Waals surface area contributed by atoms with E-state index >= 15 is 0 Å². The molecule has 3 atom stereocenters. The molecule has 3 aromatic rings. The van der Waals surface area contributed by atoms with Crippen LogP contribution in [0, 0.1) is 11.8 Å². The average molecular weight is 525 g/mol. The maximum atomic E-state index is 13.9. The number of pyridine rings is 1. The maximum Gasteiger partial charge on any atom is 0.408 e. The Morgan fingerprint density at radius 2 is 1.86 bits per heavy atom. The lowest BCUT2D eigenvalue weighted by atomic mass is 9.79. The van der Waals surface area contributed by atoms with Crippen molar-refractivity contribution in [3.05, 3.63) is 92.9 Å². The molecule has 0 radical (unpaired) electrons. The molecular formula is C28H23F3N2O3S. The van der Waals surface area contributed by atoms with E-state index in [1.165, 1.54) is 10.8 Å². The Kier molecular flexibility index (Phi) is 6.32. The minimum Gasteiger partial charge on any atom is -0.503 e. The highest BCUT2D eigenvalue weighted by Gasteiger charge is 2.48. The Balaban J connectivity index is 1.83. The number of carbonyl (C=O) groups is 1. The quantitative estimate of drug-likeness (QED) is 0.462. The molecule has 190 valence electrons. The molecule has 3 heterocycles. The Labute approximate surface area is 215 Å². The number of amides is 1. The highest BCUT2D eigenvalue weighted by molar-refractivity contribution is 7.98. The third-order valence-electron chi connectivity index (χ3n) is 7.04. The molecule has 1 N–H and O–H groups in total. The lowest BCUT2D eigenvalue weighted by Gasteiger charge is -2.43. The van der Waals surface area contributed by atoms with E-state index in [0.29, 0.717) is 10.7 Å².